The topological polar surface area (TPSA) is 52.1 Å². The zero-order chi connectivity index (χ0) is 10.2. The minimum absolute atomic E-state index is 0.236. The average Bonchev–Trinajstić information content (AvgIpc) is 2.20. The maximum atomic E-state index is 10.9. The van der Waals surface area contributed by atoms with Crippen LogP contribution in [0.3, 0.4) is 0 Å². The van der Waals surface area contributed by atoms with Gasteiger partial charge in [-0.2, -0.15) is 0 Å². The fourth-order valence-corrected chi connectivity index (χ4v) is 0.877. The molecule has 0 radical (unpaired) electrons. The second kappa shape index (κ2) is 5.85. The predicted octanol–water partition coefficient (Wildman–Crippen LogP) is 1.44. The van der Waals surface area contributed by atoms with Gasteiger partial charge in [-0.05, 0) is 19.1 Å². The van der Waals surface area contributed by atoms with E-state index < -0.39 is 0 Å². The van der Waals surface area contributed by atoms with Crippen LogP contribution in [0.5, 0.6) is 0 Å². The summed E-state index contributed by atoms with van der Waals surface area (Å²) in [6.07, 6.45) is 6.93. The van der Waals surface area contributed by atoms with Crippen LogP contribution in [0, 0.1) is 0 Å². The standard InChI is InChI=1S/C10H12N2O2/c1-2-14-10(13)6-3-5-9-11-7-4-8-12-9/h3-5,7-8H,2,6H2,1H3. The van der Waals surface area contributed by atoms with E-state index in [-0.39, 0.29) is 12.4 Å². The van der Waals surface area contributed by atoms with Crippen molar-refractivity contribution in [1.29, 1.82) is 0 Å². The van der Waals surface area contributed by atoms with Crippen molar-refractivity contribution in [2.75, 3.05) is 6.61 Å². The Bertz CT molecular complexity index is 309. The Morgan fingerprint density at radius 1 is 1.50 bits per heavy atom. The number of esters is 1. The first-order valence-electron chi connectivity index (χ1n) is 4.42. The van der Waals surface area contributed by atoms with Crippen LogP contribution in [0.15, 0.2) is 24.5 Å². The zero-order valence-corrected chi connectivity index (χ0v) is 8.01. The second-order valence-electron chi connectivity index (χ2n) is 2.52. The molecule has 1 aromatic rings. The zero-order valence-electron chi connectivity index (χ0n) is 8.01. The molecule has 0 N–H and O–H groups in total. The van der Waals surface area contributed by atoms with Crippen molar-refractivity contribution in [2.45, 2.75) is 13.3 Å². The molecule has 0 amide bonds. The van der Waals surface area contributed by atoms with Gasteiger partial charge in [0.2, 0.25) is 0 Å². The normalized spacial score (nSPS) is 10.4. The molecule has 1 aromatic heterocycles. The van der Waals surface area contributed by atoms with Gasteiger partial charge < -0.3 is 4.74 Å². The first-order valence-corrected chi connectivity index (χ1v) is 4.42. The smallest absolute Gasteiger partial charge is 0.309 e. The summed E-state index contributed by atoms with van der Waals surface area (Å²) in [5, 5.41) is 0. The summed E-state index contributed by atoms with van der Waals surface area (Å²) < 4.78 is 4.75. The van der Waals surface area contributed by atoms with Gasteiger partial charge in [0.25, 0.3) is 0 Å². The molecule has 0 unspecified atom stereocenters. The number of hydrogen-bond acceptors (Lipinski definition) is 4. The highest BCUT2D eigenvalue weighted by atomic mass is 16.5. The lowest BCUT2D eigenvalue weighted by Gasteiger charge is -1.96. The molecule has 74 valence electrons. The Morgan fingerprint density at radius 3 is 2.86 bits per heavy atom. The number of rotatable bonds is 4. The quantitative estimate of drug-likeness (QED) is 0.677. The highest BCUT2D eigenvalue weighted by Gasteiger charge is 1.96. The number of carbonyl (C=O) groups excluding carboxylic acids is 1. The Balaban J connectivity index is 2.38. The molecule has 0 aliphatic carbocycles. The van der Waals surface area contributed by atoms with Crippen LogP contribution in [0.4, 0.5) is 0 Å². The summed E-state index contributed by atoms with van der Waals surface area (Å²) in [4.78, 5) is 18.9. The molecule has 14 heavy (non-hydrogen) atoms. The third-order valence-electron chi connectivity index (χ3n) is 1.44. The molecule has 0 spiro atoms. The summed E-state index contributed by atoms with van der Waals surface area (Å²) in [6, 6.07) is 1.74. The molecule has 1 heterocycles. The van der Waals surface area contributed by atoms with E-state index in [0.29, 0.717) is 12.4 Å². The number of carbonyl (C=O) groups is 1. The van der Waals surface area contributed by atoms with Crippen molar-refractivity contribution in [3.63, 3.8) is 0 Å². The Morgan fingerprint density at radius 2 is 2.21 bits per heavy atom. The summed E-state index contributed by atoms with van der Waals surface area (Å²) in [5.74, 6) is 0.358. The minimum Gasteiger partial charge on any atom is -0.466 e. The fourth-order valence-electron chi connectivity index (χ4n) is 0.877. The molecule has 0 saturated carbocycles. The Hall–Kier alpha value is -1.71. The van der Waals surface area contributed by atoms with Crippen LogP contribution >= 0.6 is 0 Å². The maximum absolute atomic E-state index is 10.9. The fraction of sp³-hybridized carbons (Fsp3) is 0.300. The third kappa shape index (κ3) is 3.80. The van der Waals surface area contributed by atoms with E-state index in [9.17, 15) is 4.79 Å². The molecular formula is C10H12N2O2. The van der Waals surface area contributed by atoms with Crippen LogP contribution in [0.25, 0.3) is 6.08 Å². The summed E-state index contributed by atoms with van der Waals surface area (Å²) in [5.41, 5.74) is 0. The van der Waals surface area contributed by atoms with Crippen molar-refractivity contribution in [2.24, 2.45) is 0 Å². The number of hydrogen-bond donors (Lipinski definition) is 0. The van der Waals surface area contributed by atoms with Gasteiger partial charge in [0, 0.05) is 12.4 Å². The second-order valence-corrected chi connectivity index (χ2v) is 2.52. The Kier molecular flexibility index (Phi) is 4.34. The number of ether oxygens (including phenoxy) is 1. The van der Waals surface area contributed by atoms with Gasteiger partial charge >= 0.3 is 5.97 Å². The van der Waals surface area contributed by atoms with Crippen molar-refractivity contribution in [1.82, 2.24) is 9.97 Å². The van der Waals surface area contributed by atoms with Crippen LogP contribution in [-0.2, 0) is 9.53 Å². The molecule has 0 atom stereocenters. The van der Waals surface area contributed by atoms with Gasteiger partial charge in [-0.3, -0.25) is 4.79 Å². The predicted molar refractivity (Wildman–Crippen MR) is 52.3 cm³/mol. The van der Waals surface area contributed by atoms with E-state index in [2.05, 4.69) is 9.97 Å². The first kappa shape index (κ1) is 10.4. The van der Waals surface area contributed by atoms with E-state index in [1.165, 1.54) is 0 Å². The minimum atomic E-state index is -0.236. The van der Waals surface area contributed by atoms with Gasteiger partial charge in [0.05, 0.1) is 13.0 Å². The highest BCUT2D eigenvalue weighted by molar-refractivity contribution is 5.72. The van der Waals surface area contributed by atoms with Crippen molar-refractivity contribution in [3.8, 4) is 0 Å². The lowest BCUT2D eigenvalue weighted by Crippen LogP contribution is -2.01. The molecule has 0 aromatic carbocycles. The van der Waals surface area contributed by atoms with Gasteiger partial charge in [-0.25, -0.2) is 9.97 Å². The van der Waals surface area contributed by atoms with Crippen molar-refractivity contribution >= 4 is 12.0 Å². The molecule has 0 bridgehead atoms. The lowest BCUT2D eigenvalue weighted by atomic mass is 10.3. The van der Waals surface area contributed by atoms with Crippen LogP contribution < -0.4 is 0 Å². The van der Waals surface area contributed by atoms with Gasteiger partial charge in [-0.15, -0.1) is 0 Å². The van der Waals surface area contributed by atoms with Crippen molar-refractivity contribution in [3.05, 3.63) is 30.4 Å². The van der Waals surface area contributed by atoms with Crippen molar-refractivity contribution < 1.29 is 9.53 Å². The van der Waals surface area contributed by atoms with Crippen LogP contribution in [0.2, 0.25) is 0 Å². The van der Waals surface area contributed by atoms with E-state index in [0.717, 1.165) is 0 Å². The molecular weight excluding hydrogens is 180 g/mol. The lowest BCUT2D eigenvalue weighted by molar-refractivity contribution is -0.142. The molecule has 0 fully saturated rings. The monoisotopic (exact) mass is 192 g/mol. The van der Waals surface area contributed by atoms with Crippen LogP contribution in [-0.4, -0.2) is 22.5 Å². The molecule has 0 aliphatic rings. The van der Waals surface area contributed by atoms with E-state index in [1.807, 2.05) is 0 Å². The molecule has 0 aliphatic heterocycles. The summed E-state index contributed by atoms with van der Waals surface area (Å²) in [7, 11) is 0. The van der Waals surface area contributed by atoms with Gasteiger partial charge in [-0.1, -0.05) is 6.08 Å². The molecule has 4 heteroatoms. The highest BCUT2D eigenvalue weighted by Crippen LogP contribution is 1.95. The van der Waals surface area contributed by atoms with E-state index in [4.69, 9.17) is 4.74 Å². The largest absolute Gasteiger partial charge is 0.466 e. The first-order chi connectivity index (χ1) is 6.83. The number of nitrogens with zero attached hydrogens (tertiary/aromatic N) is 2. The molecule has 1 rings (SSSR count). The Labute approximate surface area is 82.6 Å². The number of aromatic nitrogens is 2. The van der Waals surface area contributed by atoms with Gasteiger partial charge in [0.15, 0.2) is 5.82 Å². The molecule has 4 nitrogen and oxygen atoms in total. The molecule has 0 saturated heterocycles. The van der Waals surface area contributed by atoms with Crippen LogP contribution in [0.1, 0.15) is 19.2 Å². The van der Waals surface area contributed by atoms with E-state index in [1.54, 1.807) is 37.5 Å². The van der Waals surface area contributed by atoms with E-state index >= 15 is 0 Å². The average molecular weight is 192 g/mol. The SMILES string of the molecule is CCOC(=O)CC=Cc1ncccn1. The van der Waals surface area contributed by atoms with Gasteiger partial charge in [0.1, 0.15) is 0 Å². The third-order valence-corrected chi connectivity index (χ3v) is 1.44. The summed E-state index contributed by atoms with van der Waals surface area (Å²) >= 11 is 0. The summed E-state index contributed by atoms with van der Waals surface area (Å²) in [6.45, 7) is 2.19. The maximum Gasteiger partial charge on any atom is 0.309 e.